The molecule has 1 amide bonds. The van der Waals surface area contributed by atoms with Gasteiger partial charge in [-0.25, -0.2) is 8.78 Å². The minimum atomic E-state index is -0.910. The molecule has 0 N–H and O–H groups in total. The van der Waals surface area contributed by atoms with Crippen LogP contribution in [0.15, 0.2) is 12.1 Å². The molecule has 3 nitrogen and oxygen atoms in total. The molecule has 0 saturated heterocycles. The molecule has 0 heterocycles. The van der Waals surface area contributed by atoms with Gasteiger partial charge in [0.05, 0.1) is 6.07 Å². The number of nitriles is 1. The Hall–Kier alpha value is -1.96. The maximum atomic E-state index is 13.8. The van der Waals surface area contributed by atoms with Crippen LogP contribution in [0.3, 0.4) is 0 Å². The zero-order chi connectivity index (χ0) is 13.9. The van der Waals surface area contributed by atoms with Crippen molar-refractivity contribution in [1.29, 1.82) is 5.26 Å². The lowest BCUT2D eigenvalue weighted by atomic mass is 10.1. The Bertz CT molecular complexity index is 506. The van der Waals surface area contributed by atoms with Crippen molar-refractivity contribution in [2.75, 3.05) is 6.54 Å². The van der Waals surface area contributed by atoms with Crippen molar-refractivity contribution >= 4 is 5.91 Å². The number of aryl methyl sites for hydroxylation is 1. The van der Waals surface area contributed by atoms with Crippen LogP contribution in [0, 0.1) is 29.9 Å². The van der Waals surface area contributed by atoms with Crippen LogP contribution in [-0.2, 0) is 0 Å². The van der Waals surface area contributed by atoms with Crippen LogP contribution in [0.4, 0.5) is 8.78 Å². The van der Waals surface area contributed by atoms with E-state index < -0.39 is 23.1 Å². The second-order valence-electron chi connectivity index (χ2n) is 4.24. The molecule has 0 aromatic heterocycles. The molecule has 0 atom stereocenters. The Labute approximate surface area is 105 Å². The quantitative estimate of drug-likeness (QED) is 0.776. The van der Waals surface area contributed by atoms with Crippen LogP contribution in [0.25, 0.3) is 0 Å². The Balaban J connectivity index is 3.25. The van der Waals surface area contributed by atoms with Gasteiger partial charge in [0.25, 0.3) is 5.91 Å². The number of rotatable bonds is 3. The lowest BCUT2D eigenvalue weighted by molar-refractivity contribution is 0.0721. The molecule has 0 unspecified atom stereocenters. The predicted octanol–water partition coefficient (Wildman–Crippen LogP) is 2.65. The van der Waals surface area contributed by atoms with Gasteiger partial charge >= 0.3 is 0 Å². The zero-order valence-corrected chi connectivity index (χ0v) is 10.5. The fraction of sp³-hybridized carbons (Fsp3) is 0.385. The first-order valence-corrected chi connectivity index (χ1v) is 5.52. The molecule has 0 aliphatic rings. The van der Waals surface area contributed by atoms with Crippen molar-refractivity contribution in [3.8, 4) is 6.07 Å². The fourth-order valence-corrected chi connectivity index (χ4v) is 1.56. The van der Waals surface area contributed by atoms with E-state index in [-0.39, 0.29) is 18.2 Å². The molecule has 1 rings (SSSR count). The second kappa shape index (κ2) is 5.58. The van der Waals surface area contributed by atoms with Gasteiger partial charge in [0.2, 0.25) is 0 Å². The third-order valence-electron chi connectivity index (χ3n) is 2.62. The van der Waals surface area contributed by atoms with Crippen molar-refractivity contribution in [2.45, 2.75) is 26.8 Å². The van der Waals surface area contributed by atoms with Crippen molar-refractivity contribution in [3.63, 3.8) is 0 Å². The van der Waals surface area contributed by atoms with E-state index in [2.05, 4.69) is 0 Å². The van der Waals surface area contributed by atoms with Crippen molar-refractivity contribution < 1.29 is 13.6 Å². The van der Waals surface area contributed by atoms with E-state index in [1.54, 1.807) is 13.8 Å². The van der Waals surface area contributed by atoms with E-state index in [1.165, 1.54) is 13.0 Å². The number of hydrogen-bond donors (Lipinski definition) is 0. The highest BCUT2D eigenvalue weighted by atomic mass is 19.1. The van der Waals surface area contributed by atoms with Crippen LogP contribution in [0.2, 0.25) is 0 Å². The number of halogens is 2. The topological polar surface area (TPSA) is 44.1 Å². The average molecular weight is 252 g/mol. The number of amides is 1. The van der Waals surface area contributed by atoms with Gasteiger partial charge in [-0.15, -0.1) is 0 Å². The first-order valence-electron chi connectivity index (χ1n) is 5.52. The molecule has 0 saturated carbocycles. The van der Waals surface area contributed by atoms with Gasteiger partial charge in [-0.2, -0.15) is 5.26 Å². The first-order chi connectivity index (χ1) is 8.40. The molecule has 1 aromatic carbocycles. The Kier molecular flexibility index (Phi) is 4.38. The van der Waals surface area contributed by atoms with E-state index >= 15 is 0 Å². The summed E-state index contributed by atoms with van der Waals surface area (Å²) in [6, 6.07) is 3.83. The normalized spacial score (nSPS) is 10.3. The zero-order valence-electron chi connectivity index (χ0n) is 10.5. The standard InChI is InChI=1S/C13H14F2N2O/c1-8(2)17(7-6-16)13(18)11-10(14)5-4-9(3)12(11)15/h4-5,8H,7H2,1-3H3. The van der Waals surface area contributed by atoms with Crippen molar-refractivity contribution in [1.82, 2.24) is 4.90 Å². The lowest BCUT2D eigenvalue weighted by Crippen LogP contribution is -2.38. The summed E-state index contributed by atoms with van der Waals surface area (Å²) >= 11 is 0. The van der Waals surface area contributed by atoms with E-state index in [1.807, 2.05) is 6.07 Å². The number of hydrogen-bond acceptors (Lipinski definition) is 2. The van der Waals surface area contributed by atoms with Gasteiger partial charge in [-0.3, -0.25) is 4.79 Å². The summed E-state index contributed by atoms with van der Waals surface area (Å²) in [7, 11) is 0. The SMILES string of the molecule is Cc1ccc(F)c(C(=O)N(CC#N)C(C)C)c1F. The van der Waals surface area contributed by atoms with Gasteiger partial charge in [0.1, 0.15) is 23.7 Å². The molecule has 0 bridgehead atoms. The summed E-state index contributed by atoms with van der Waals surface area (Å²) < 4.78 is 27.4. The monoisotopic (exact) mass is 252 g/mol. The first kappa shape index (κ1) is 14.1. The smallest absolute Gasteiger partial charge is 0.260 e. The predicted molar refractivity (Wildman–Crippen MR) is 62.9 cm³/mol. The van der Waals surface area contributed by atoms with E-state index in [9.17, 15) is 13.6 Å². The van der Waals surface area contributed by atoms with Crippen LogP contribution < -0.4 is 0 Å². The second-order valence-corrected chi connectivity index (χ2v) is 4.24. The van der Waals surface area contributed by atoms with E-state index in [0.717, 1.165) is 11.0 Å². The fourth-order valence-electron chi connectivity index (χ4n) is 1.56. The maximum absolute atomic E-state index is 13.8. The molecule has 18 heavy (non-hydrogen) atoms. The van der Waals surface area contributed by atoms with Gasteiger partial charge in [0.15, 0.2) is 0 Å². The van der Waals surface area contributed by atoms with Crippen molar-refractivity contribution in [2.24, 2.45) is 0 Å². The molecule has 5 heteroatoms. The van der Waals surface area contributed by atoms with E-state index in [0.29, 0.717) is 0 Å². The summed E-state index contributed by atoms with van der Waals surface area (Å²) in [4.78, 5) is 13.2. The van der Waals surface area contributed by atoms with Crippen molar-refractivity contribution in [3.05, 3.63) is 34.9 Å². The van der Waals surface area contributed by atoms with Gasteiger partial charge in [-0.1, -0.05) is 6.07 Å². The molecular formula is C13H14F2N2O. The van der Waals surface area contributed by atoms with E-state index in [4.69, 9.17) is 5.26 Å². The Morgan fingerprint density at radius 3 is 2.56 bits per heavy atom. The molecular weight excluding hydrogens is 238 g/mol. The highest BCUT2D eigenvalue weighted by Crippen LogP contribution is 2.19. The molecule has 0 fully saturated rings. The van der Waals surface area contributed by atoms with Gasteiger partial charge in [0, 0.05) is 6.04 Å². The minimum Gasteiger partial charge on any atom is -0.323 e. The Morgan fingerprint density at radius 2 is 2.06 bits per heavy atom. The molecule has 0 aliphatic carbocycles. The molecule has 96 valence electrons. The average Bonchev–Trinajstić information content (AvgIpc) is 2.30. The third kappa shape index (κ3) is 2.65. The number of carbonyl (C=O) groups excluding carboxylic acids is 1. The molecule has 0 aliphatic heterocycles. The highest BCUT2D eigenvalue weighted by Gasteiger charge is 2.25. The third-order valence-corrected chi connectivity index (χ3v) is 2.62. The summed E-state index contributed by atoms with van der Waals surface area (Å²) in [5.41, 5.74) is -0.403. The van der Waals surface area contributed by atoms with Gasteiger partial charge in [-0.05, 0) is 32.4 Å². The molecule has 0 radical (unpaired) electrons. The number of benzene rings is 1. The summed E-state index contributed by atoms with van der Waals surface area (Å²) in [6.07, 6.45) is 0. The maximum Gasteiger partial charge on any atom is 0.260 e. The summed E-state index contributed by atoms with van der Waals surface area (Å²) in [5, 5.41) is 8.64. The van der Waals surface area contributed by atoms with Gasteiger partial charge < -0.3 is 4.90 Å². The summed E-state index contributed by atoms with van der Waals surface area (Å²) in [6.45, 7) is 4.61. The summed E-state index contributed by atoms with van der Waals surface area (Å²) in [5.74, 6) is -2.58. The molecule has 0 spiro atoms. The molecule has 1 aromatic rings. The van der Waals surface area contributed by atoms with Crippen LogP contribution in [0.1, 0.15) is 29.8 Å². The number of carbonyl (C=O) groups is 1. The highest BCUT2D eigenvalue weighted by molar-refractivity contribution is 5.95. The Morgan fingerprint density at radius 1 is 1.44 bits per heavy atom. The van der Waals surface area contributed by atoms with Crippen LogP contribution in [-0.4, -0.2) is 23.4 Å². The number of nitrogens with zero attached hydrogens (tertiary/aromatic N) is 2. The van der Waals surface area contributed by atoms with Crippen LogP contribution in [0.5, 0.6) is 0 Å². The lowest BCUT2D eigenvalue weighted by Gasteiger charge is -2.24. The minimum absolute atomic E-state index is 0.195. The largest absolute Gasteiger partial charge is 0.323 e. The van der Waals surface area contributed by atoms with Crippen LogP contribution >= 0.6 is 0 Å².